The van der Waals surface area contributed by atoms with Gasteiger partial charge >= 0.3 is 5.97 Å². The van der Waals surface area contributed by atoms with Crippen molar-refractivity contribution in [1.29, 1.82) is 0 Å². The Morgan fingerprint density at radius 3 is 2.23 bits per heavy atom. The number of hydrogen-bond donors (Lipinski definition) is 7. The minimum Gasteiger partial charge on any atom is -0.480 e. The molecule has 0 aliphatic rings. The van der Waals surface area contributed by atoms with Crippen molar-refractivity contribution in [2.45, 2.75) is 57.2 Å². The number of nitrogens with two attached hydrogens (primary N) is 4. The summed E-state index contributed by atoms with van der Waals surface area (Å²) in [6.07, 6.45) is 2.47. The first-order valence-corrected chi connectivity index (χ1v) is 8.53. The molecule has 0 saturated carbocycles. The number of carbonyl (C=O) groups is 3. The van der Waals surface area contributed by atoms with E-state index < -0.39 is 35.9 Å². The van der Waals surface area contributed by atoms with Crippen molar-refractivity contribution in [3.05, 3.63) is 0 Å². The van der Waals surface area contributed by atoms with E-state index in [0.29, 0.717) is 45.2 Å². The van der Waals surface area contributed by atoms with Gasteiger partial charge in [-0.1, -0.05) is 0 Å². The minimum atomic E-state index is -1.16. The number of nitrogens with one attached hydrogen (secondary N) is 2. The maximum absolute atomic E-state index is 12.2. The fourth-order valence-electron chi connectivity index (χ4n) is 2.07. The molecule has 3 atom stereocenters. The van der Waals surface area contributed by atoms with Gasteiger partial charge in [-0.05, 0) is 45.6 Å². The maximum Gasteiger partial charge on any atom is 0.325 e. The third kappa shape index (κ3) is 10.5. The van der Waals surface area contributed by atoms with Crippen molar-refractivity contribution in [3.63, 3.8) is 0 Å². The van der Waals surface area contributed by atoms with Crippen LogP contribution in [0.15, 0.2) is 4.99 Å². The van der Waals surface area contributed by atoms with Crippen LogP contribution in [0, 0.1) is 0 Å². The van der Waals surface area contributed by atoms with Gasteiger partial charge in [-0.15, -0.1) is 0 Å². The summed E-state index contributed by atoms with van der Waals surface area (Å²) in [5, 5.41) is 13.8. The number of carbonyl (C=O) groups excluding carboxylic acids is 2. The van der Waals surface area contributed by atoms with Gasteiger partial charge < -0.3 is 38.7 Å². The molecule has 0 aromatic carbocycles. The molecule has 11 N–H and O–H groups in total. The fraction of sp³-hybridized carbons (Fsp3) is 0.733. The molecule has 0 heterocycles. The average molecular weight is 373 g/mol. The third-order valence-corrected chi connectivity index (χ3v) is 3.61. The molecule has 0 bridgehead atoms. The molecule has 0 spiro atoms. The van der Waals surface area contributed by atoms with Crippen LogP contribution < -0.4 is 33.6 Å². The largest absolute Gasteiger partial charge is 0.480 e. The number of aliphatic imine (C=N–C) groups is 1. The molecule has 26 heavy (non-hydrogen) atoms. The number of aliphatic carboxylic acids is 1. The zero-order valence-corrected chi connectivity index (χ0v) is 15.1. The van der Waals surface area contributed by atoms with E-state index in [1.54, 1.807) is 0 Å². The van der Waals surface area contributed by atoms with E-state index in [1.165, 1.54) is 6.92 Å². The Balaban J connectivity index is 4.67. The molecule has 0 radical (unpaired) electrons. The zero-order chi connectivity index (χ0) is 20.1. The van der Waals surface area contributed by atoms with E-state index in [4.69, 9.17) is 28.0 Å². The number of unbranched alkanes of at least 4 members (excludes halogenated alkanes) is 1. The van der Waals surface area contributed by atoms with E-state index >= 15 is 0 Å². The van der Waals surface area contributed by atoms with Gasteiger partial charge in [-0.25, -0.2) is 0 Å². The highest BCUT2D eigenvalue weighted by molar-refractivity contribution is 5.91. The van der Waals surface area contributed by atoms with E-state index in [9.17, 15) is 14.4 Å². The van der Waals surface area contributed by atoms with Crippen molar-refractivity contribution in [2.75, 3.05) is 13.1 Å². The number of hydrogen-bond acceptors (Lipinski definition) is 6. The molecule has 0 aliphatic heterocycles. The van der Waals surface area contributed by atoms with Gasteiger partial charge in [0.15, 0.2) is 5.96 Å². The molecule has 2 amide bonds. The van der Waals surface area contributed by atoms with Gasteiger partial charge in [-0.3, -0.25) is 19.4 Å². The number of nitrogens with zero attached hydrogens (tertiary/aromatic N) is 1. The first-order chi connectivity index (χ1) is 12.2. The predicted molar refractivity (Wildman–Crippen MR) is 98.0 cm³/mol. The minimum absolute atomic E-state index is 0.0350. The molecule has 11 heteroatoms. The lowest BCUT2D eigenvalue weighted by Crippen LogP contribution is -2.53. The summed E-state index contributed by atoms with van der Waals surface area (Å²) in [4.78, 5) is 39.1. The highest BCUT2D eigenvalue weighted by Crippen LogP contribution is 2.04. The number of rotatable bonds is 13. The second-order valence-electron chi connectivity index (χ2n) is 5.97. The summed E-state index contributed by atoms with van der Waals surface area (Å²) in [6, 6.07) is -2.77. The summed E-state index contributed by atoms with van der Waals surface area (Å²) in [6.45, 7) is 2.15. The van der Waals surface area contributed by atoms with Gasteiger partial charge in [0, 0.05) is 6.54 Å². The molecule has 0 rings (SSSR count). The van der Waals surface area contributed by atoms with E-state index in [-0.39, 0.29) is 5.96 Å². The van der Waals surface area contributed by atoms with Crippen LogP contribution in [0.5, 0.6) is 0 Å². The van der Waals surface area contributed by atoms with Crippen molar-refractivity contribution in [1.82, 2.24) is 10.6 Å². The van der Waals surface area contributed by atoms with Crippen LogP contribution in [-0.4, -0.2) is 60.1 Å². The monoisotopic (exact) mass is 373 g/mol. The molecule has 0 saturated heterocycles. The van der Waals surface area contributed by atoms with Crippen LogP contribution in [-0.2, 0) is 14.4 Å². The number of amides is 2. The standard InChI is InChI=1S/C15H31N7O4/c1-9(14(25)26)21-13(24)11(6-2-3-7-16)22-12(23)10(17)5-4-8-20-15(18)19/h9-11H,2-8,16-17H2,1H3,(H,21,24)(H,22,23)(H,25,26)(H4,18,19,20)/t9-,10-,11-/m0/s1. The van der Waals surface area contributed by atoms with Crippen molar-refractivity contribution in [3.8, 4) is 0 Å². The Hall–Kier alpha value is -2.40. The summed E-state index contributed by atoms with van der Waals surface area (Å²) in [7, 11) is 0. The second kappa shape index (κ2) is 12.9. The Bertz CT molecular complexity index is 494. The molecule has 0 fully saturated rings. The SMILES string of the molecule is C[C@H](NC(=O)[C@H](CCCCN)NC(=O)[C@@H](N)CCCN=C(N)N)C(=O)O. The van der Waals surface area contributed by atoms with Gasteiger partial charge in [0.05, 0.1) is 6.04 Å². The summed E-state index contributed by atoms with van der Waals surface area (Å²) in [5.74, 6) is -2.27. The van der Waals surface area contributed by atoms with Crippen LogP contribution in [0.3, 0.4) is 0 Å². The first-order valence-electron chi connectivity index (χ1n) is 8.53. The summed E-state index contributed by atoms with van der Waals surface area (Å²) in [5.41, 5.74) is 21.7. The smallest absolute Gasteiger partial charge is 0.325 e. The normalized spacial score (nSPS) is 14.0. The molecule has 0 aromatic heterocycles. The number of carboxylic acids is 1. The van der Waals surface area contributed by atoms with Crippen molar-refractivity contribution < 1.29 is 19.5 Å². The molecule has 0 unspecified atom stereocenters. The van der Waals surface area contributed by atoms with Crippen LogP contribution in [0.25, 0.3) is 0 Å². The average Bonchev–Trinajstić information content (AvgIpc) is 2.57. The van der Waals surface area contributed by atoms with Gasteiger partial charge in [0.2, 0.25) is 11.8 Å². The zero-order valence-electron chi connectivity index (χ0n) is 15.1. The molecule has 0 aliphatic carbocycles. The lowest BCUT2D eigenvalue weighted by atomic mass is 10.1. The predicted octanol–water partition coefficient (Wildman–Crippen LogP) is -2.43. The fourth-order valence-corrected chi connectivity index (χ4v) is 2.07. The van der Waals surface area contributed by atoms with Crippen LogP contribution in [0.4, 0.5) is 0 Å². The van der Waals surface area contributed by atoms with Crippen LogP contribution in [0.2, 0.25) is 0 Å². The lowest BCUT2D eigenvalue weighted by Gasteiger charge is -2.21. The molecule has 150 valence electrons. The quantitative estimate of drug-likeness (QED) is 0.104. The lowest BCUT2D eigenvalue weighted by molar-refractivity contribution is -0.141. The molecular formula is C15H31N7O4. The highest BCUT2D eigenvalue weighted by atomic mass is 16.4. The Kier molecular flexibility index (Phi) is 11.7. The summed E-state index contributed by atoms with van der Waals surface area (Å²) < 4.78 is 0. The highest BCUT2D eigenvalue weighted by Gasteiger charge is 2.25. The molecule has 0 aromatic rings. The number of guanidine groups is 1. The first kappa shape index (κ1) is 23.6. The Morgan fingerprint density at radius 1 is 1.04 bits per heavy atom. The van der Waals surface area contributed by atoms with Gasteiger partial charge in [0.1, 0.15) is 12.1 Å². The topological polar surface area (TPSA) is 212 Å². The van der Waals surface area contributed by atoms with Crippen LogP contribution in [0.1, 0.15) is 39.0 Å². The van der Waals surface area contributed by atoms with E-state index in [0.717, 1.165) is 0 Å². The molecule has 11 nitrogen and oxygen atoms in total. The van der Waals surface area contributed by atoms with Gasteiger partial charge in [0.25, 0.3) is 0 Å². The Labute approximate surface area is 152 Å². The van der Waals surface area contributed by atoms with E-state index in [2.05, 4.69) is 15.6 Å². The van der Waals surface area contributed by atoms with Gasteiger partial charge in [-0.2, -0.15) is 0 Å². The molecular weight excluding hydrogens is 342 g/mol. The summed E-state index contributed by atoms with van der Waals surface area (Å²) >= 11 is 0. The second-order valence-corrected chi connectivity index (χ2v) is 5.97. The van der Waals surface area contributed by atoms with Crippen molar-refractivity contribution in [2.24, 2.45) is 27.9 Å². The number of carboxylic acid groups (broad SMARTS) is 1. The maximum atomic E-state index is 12.2. The third-order valence-electron chi connectivity index (χ3n) is 3.61. The Morgan fingerprint density at radius 2 is 1.69 bits per heavy atom. The van der Waals surface area contributed by atoms with Crippen molar-refractivity contribution >= 4 is 23.7 Å². The van der Waals surface area contributed by atoms with E-state index in [1.807, 2.05) is 0 Å². The van der Waals surface area contributed by atoms with Crippen LogP contribution >= 0.6 is 0 Å².